The summed E-state index contributed by atoms with van der Waals surface area (Å²) in [5.74, 6) is 0.824. The first-order valence-corrected chi connectivity index (χ1v) is 6.64. The molecule has 1 aliphatic rings. The van der Waals surface area contributed by atoms with Crippen LogP contribution in [0.5, 0.6) is 0 Å². The number of aromatic nitrogens is 2. The number of nitrogens with zero attached hydrogens (tertiary/aromatic N) is 1. The molecule has 1 aromatic heterocycles. The Morgan fingerprint density at radius 3 is 2.67 bits per heavy atom. The lowest BCUT2D eigenvalue weighted by Gasteiger charge is -2.11. The van der Waals surface area contributed by atoms with Gasteiger partial charge in [0.2, 0.25) is 0 Å². The third-order valence-corrected chi connectivity index (χ3v) is 3.74. The molecule has 0 atom stereocenters. The van der Waals surface area contributed by atoms with Gasteiger partial charge in [0.05, 0.1) is 15.7 Å². The van der Waals surface area contributed by atoms with Crippen molar-refractivity contribution in [2.24, 2.45) is 0 Å². The molecule has 0 spiro atoms. The maximum Gasteiger partial charge on any atom is 0.199 e. The van der Waals surface area contributed by atoms with Crippen LogP contribution in [-0.2, 0) is 6.42 Å². The van der Waals surface area contributed by atoms with Crippen molar-refractivity contribution in [1.29, 1.82) is 0 Å². The minimum absolute atomic E-state index is 0.425. The van der Waals surface area contributed by atoms with E-state index in [0.29, 0.717) is 14.8 Å². The van der Waals surface area contributed by atoms with Gasteiger partial charge in [0.15, 0.2) is 4.77 Å². The van der Waals surface area contributed by atoms with Crippen LogP contribution in [0, 0.1) is 4.77 Å². The molecule has 92 valence electrons. The molecule has 1 aromatic carbocycles. The number of rotatable bonds is 1. The molecule has 0 radical (unpaired) electrons. The minimum Gasteiger partial charge on any atom is -0.369 e. The Balaban J connectivity index is 2.33. The van der Waals surface area contributed by atoms with Gasteiger partial charge in [0, 0.05) is 17.7 Å². The highest BCUT2D eigenvalue weighted by Gasteiger charge is 2.20. The van der Waals surface area contributed by atoms with Gasteiger partial charge in [-0.2, -0.15) is 0 Å². The monoisotopic (exact) mass is 297 g/mol. The summed E-state index contributed by atoms with van der Waals surface area (Å²) in [5.41, 5.74) is 2.73. The molecule has 0 saturated heterocycles. The van der Waals surface area contributed by atoms with Gasteiger partial charge in [-0.05, 0) is 30.8 Å². The van der Waals surface area contributed by atoms with Crippen LogP contribution in [0.25, 0.3) is 11.3 Å². The fourth-order valence-electron chi connectivity index (χ4n) is 2.14. The lowest BCUT2D eigenvalue weighted by Crippen LogP contribution is -1.96. The van der Waals surface area contributed by atoms with E-state index < -0.39 is 0 Å². The van der Waals surface area contributed by atoms with E-state index in [2.05, 4.69) is 15.3 Å². The summed E-state index contributed by atoms with van der Waals surface area (Å²) >= 11 is 17.6. The van der Waals surface area contributed by atoms with E-state index in [1.807, 2.05) is 18.2 Å². The Hall–Kier alpha value is -1.10. The van der Waals surface area contributed by atoms with Crippen LogP contribution in [0.4, 0.5) is 5.82 Å². The molecular weight excluding hydrogens is 289 g/mol. The molecular formula is C12H9Cl2N3S. The van der Waals surface area contributed by atoms with Gasteiger partial charge in [-0.3, -0.25) is 0 Å². The molecule has 2 heterocycles. The third-order valence-electron chi connectivity index (χ3n) is 2.91. The van der Waals surface area contributed by atoms with Crippen LogP contribution >= 0.6 is 35.4 Å². The maximum absolute atomic E-state index is 6.24. The van der Waals surface area contributed by atoms with Gasteiger partial charge in [0.25, 0.3) is 0 Å². The van der Waals surface area contributed by atoms with Crippen molar-refractivity contribution in [3.05, 3.63) is 38.6 Å². The van der Waals surface area contributed by atoms with Gasteiger partial charge in [-0.1, -0.05) is 29.3 Å². The molecule has 1 aliphatic heterocycles. The number of H-pyrrole nitrogens is 1. The predicted molar refractivity (Wildman–Crippen MR) is 77.1 cm³/mol. The molecule has 2 aromatic rings. The highest BCUT2D eigenvalue weighted by atomic mass is 35.5. The second kappa shape index (κ2) is 4.53. The molecule has 0 unspecified atom stereocenters. The number of fused-ring (bicyclic) bond motifs is 1. The fourth-order valence-corrected chi connectivity index (χ4v) is 2.92. The lowest BCUT2D eigenvalue weighted by atomic mass is 10.1. The van der Waals surface area contributed by atoms with Gasteiger partial charge >= 0.3 is 0 Å². The predicted octanol–water partition coefficient (Wildman–Crippen LogP) is 4.08. The van der Waals surface area contributed by atoms with Gasteiger partial charge < -0.3 is 10.3 Å². The van der Waals surface area contributed by atoms with Crippen LogP contribution in [0.1, 0.15) is 5.56 Å². The smallest absolute Gasteiger partial charge is 0.199 e. The van der Waals surface area contributed by atoms with Gasteiger partial charge in [0.1, 0.15) is 5.82 Å². The number of nitrogens with one attached hydrogen (secondary N) is 2. The number of anilines is 1. The van der Waals surface area contributed by atoms with Gasteiger partial charge in [-0.15, -0.1) is 0 Å². The average Bonchev–Trinajstić information content (AvgIpc) is 2.76. The van der Waals surface area contributed by atoms with Crippen LogP contribution in [-0.4, -0.2) is 16.5 Å². The van der Waals surface area contributed by atoms with Crippen molar-refractivity contribution in [3.8, 4) is 11.3 Å². The van der Waals surface area contributed by atoms with E-state index in [4.69, 9.17) is 35.4 Å². The second-order valence-electron chi connectivity index (χ2n) is 4.02. The van der Waals surface area contributed by atoms with Crippen LogP contribution in [0.15, 0.2) is 18.2 Å². The van der Waals surface area contributed by atoms with E-state index >= 15 is 0 Å². The summed E-state index contributed by atoms with van der Waals surface area (Å²) in [7, 11) is 0. The van der Waals surface area contributed by atoms with E-state index in [1.54, 1.807) is 0 Å². The van der Waals surface area contributed by atoms with Crippen LogP contribution < -0.4 is 5.32 Å². The van der Waals surface area contributed by atoms with Crippen molar-refractivity contribution >= 4 is 41.2 Å². The SMILES string of the molecule is S=c1nc2c(c(-c3c(Cl)cccc3Cl)[nH]1)CCN2. The zero-order chi connectivity index (χ0) is 12.7. The molecule has 3 rings (SSSR count). The van der Waals surface area contributed by atoms with E-state index in [9.17, 15) is 0 Å². The lowest BCUT2D eigenvalue weighted by molar-refractivity contribution is 1.08. The topological polar surface area (TPSA) is 40.7 Å². The van der Waals surface area contributed by atoms with E-state index in [1.165, 1.54) is 0 Å². The highest BCUT2D eigenvalue weighted by Crippen LogP contribution is 2.38. The third kappa shape index (κ3) is 1.90. The summed E-state index contributed by atoms with van der Waals surface area (Å²) in [6.45, 7) is 0.851. The Bertz CT molecular complexity index is 661. The minimum atomic E-state index is 0.425. The summed E-state index contributed by atoms with van der Waals surface area (Å²) in [6.07, 6.45) is 0.880. The van der Waals surface area contributed by atoms with E-state index in [0.717, 1.165) is 35.6 Å². The summed E-state index contributed by atoms with van der Waals surface area (Å²) < 4.78 is 0.425. The van der Waals surface area contributed by atoms with E-state index in [-0.39, 0.29) is 0 Å². The zero-order valence-electron chi connectivity index (χ0n) is 9.26. The average molecular weight is 298 g/mol. The summed E-state index contributed by atoms with van der Waals surface area (Å²) in [4.78, 5) is 7.36. The van der Waals surface area contributed by atoms with Crippen LogP contribution in [0.3, 0.4) is 0 Å². The first-order chi connectivity index (χ1) is 8.66. The van der Waals surface area contributed by atoms with Crippen molar-refractivity contribution in [3.63, 3.8) is 0 Å². The molecule has 0 amide bonds. The number of benzene rings is 1. The first kappa shape index (κ1) is 12.0. The number of halogens is 2. The first-order valence-electron chi connectivity index (χ1n) is 5.48. The number of aromatic amines is 1. The van der Waals surface area contributed by atoms with Crippen molar-refractivity contribution in [2.45, 2.75) is 6.42 Å². The quantitative estimate of drug-likeness (QED) is 0.779. The molecule has 2 N–H and O–H groups in total. The summed E-state index contributed by atoms with van der Waals surface area (Å²) in [5, 5.41) is 4.42. The van der Waals surface area contributed by atoms with Gasteiger partial charge in [-0.25, -0.2) is 4.98 Å². The second-order valence-corrected chi connectivity index (χ2v) is 5.22. The summed E-state index contributed by atoms with van der Waals surface area (Å²) in [6, 6.07) is 5.45. The Morgan fingerprint density at radius 2 is 1.94 bits per heavy atom. The molecule has 0 saturated carbocycles. The molecule has 18 heavy (non-hydrogen) atoms. The van der Waals surface area contributed by atoms with Crippen LogP contribution in [0.2, 0.25) is 10.0 Å². The Labute approximate surface area is 119 Å². The normalized spacial score (nSPS) is 13.2. The molecule has 6 heteroatoms. The fraction of sp³-hybridized carbons (Fsp3) is 0.167. The molecule has 0 fully saturated rings. The van der Waals surface area contributed by atoms with Crippen molar-refractivity contribution in [2.75, 3.05) is 11.9 Å². The largest absolute Gasteiger partial charge is 0.369 e. The Kier molecular flexibility index (Phi) is 3.01. The standard InChI is InChI=1S/C12H9Cl2N3S/c13-7-2-1-3-8(14)9(7)10-6-4-5-15-11(6)17-12(18)16-10/h1-3H,4-5H2,(H2,15,16,17,18). The maximum atomic E-state index is 6.24. The Morgan fingerprint density at radius 1 is 1.22 bits per heavy atom. The molecule has 0 bridgehead atoms. The van der Waals surface area contributed by atoms with Crippen molar-refractivity contribution < 1.29 is 0 Å². The highest BCUT2D eigenvalue weighted by molar-refractivity contribution is 7.71. The zero-order valence-corrected chi connectivity index (χ0v) is 11.6. The molecule has 0 aliphatic carbocycles. The number of hydrogen-bond acceptors (Lipinski definition) is 3. The number of hydrogen-bond donors (Lipinski definition) is 2. The van der Waals surface area contributed by atoms with Crippen molar-refractivity contribution in [1.82, 2.24) is 9.97 Å². The molecule has 3 nitrogen and oxygen atoms in total.